The van der Waals surface area contributed by atoms with Crippen LogP contribution in [0, 0.1) is 0 Å². The minimum atomic E-state index is -1.15. The van der Waals surface area contributed by atoms with Gasteiger partial charge in [-0.15, -0.1) is 0 Å². The van der Waals surface area contributed by atoms with Crippen molar-refractivity contribution in [2.24, 2.45) is 5.73 Å². The highest BCUT2D eigenvalue weighted by molar-refractivity contribution is 5.83. The summed E-state index contributed by atoms with van der Waals surface area (Å²) < 4.78 is 0. The molecule has 0 spiro atoms. The van der Waals surface area contributed by atoms with Gasteiger partial charge in [-0.05, 0) is 23.1 Å². The number of nitrogens with one attached hydrogen (secondary N) is 1. The Balaban J connectivity index is 2.35. The number of carboxylic acids is 1. The number of rotatable bonds is 5. The van der Waals surface area contributed by atoms with Gasteiger partial charge < -0.3 is 16.2 Å². The monoisotopic (exact) mass is 284 g/mol. The molecule has 2 rings (SSSR count). The van der Waals surface area contributed by atoms with Crippen LogP contribution in [0.2, 0.25) is 0 Å². The minimum Gasteiger partial charge on any atom is -0.479 e. The van der Waals surface area contributed by atoms with Gasteiger partial charge in [0.05, 0.1) is 0 Å². The highest BCUT2D eigenvalue weighted by atomic mass is 16.4. The van der Waals surface area contributed by atoms with Crippen LogP contribution in [0.4, 0.5) is 4.79 Å². The van der Waals surface area contributed by atoms with Crippen molar-refractivity contribution in [3.8, 4) is 0 Å². The molecule has 108 valence electrons. The number of carbonyl (C=O) groups is 2. The number of benzene rings is 2. The molecule has 0 aliphatic heterocycles. The van der Waals surface area contributed by atoms with Crippen LogP contribution >= 0.6 is 0 Å². The Morgan fingerprint density at radius 3 is 2.29 bits per heavy atom. The molecule has 5 heteroatoms. The predicted octanol–water partition coefficient (Wildman–Crippen LogP) is 2.07. The Kier molecular flexibility index (Phi) is 4.56. The number of urea groups is 1. The lowest BCUT2D eigenvalue weighted by atomic mass is 9.95. The van der Waals surface area contributed by atoms with E-state index in [0.717, 1.165) is 11.1 Å². The SMILES string of the molecule is NC(=O)NC(C(=O)O)c1ccccc1Cc1ccccc1. The third-order valence-corrected chi connectivity index (χ3v) is 3.14. The van der Waals surface area contributed by atoms with E-state index in [-0.39, 0.29) is 0 Å². The molecule has 0 saturated carbocycles. The smallest absolute Gasteiger partial charge is 0.330 e. The lowest BCUT2D eigenvalue weighted by Gasteiger charge is -2.17. The molecule has 4 N–H and O–H groups in total. The molecule has 0 radical (unpaired) electrons. The average molecular weight is 284 g/mol. The Hall–Kier alpha value is -2.82. The number of aliphatic carboxylic acids is 1. The molecule has 2 aromatic carbocycles. The Morgan fingerprint density at radius 2 is 1.67 bits per heavy atom. The summed E-state index contributed by atoms with van der Waals surface area (Å²) in [5, 5.41) is 11.6. The van der Waals surface area contributed by atoms with Crippen molar-refractivity contribution in [2.75, 3.05) is 0 Å². The van der Waals surface area contributed by atoms with Gasteiger partial charge in [-0.1, -0.05) is 54.6 Å². The zero-order valence-corrected chi connectivity index (χ0v) is 11.3. The third kappa shape index (κ3) is 3.82. The second-order valence-electron chi connectivity index (χ2n) is 4.64. The summed E-state index contributed by atoms with van der Waals surface area (Å²) in [6.45, 7) is 0. The van der Waals surface area contributed by atoms with Crippen molar-refractivity contribution in [2.45, 2.75) is 12.5 Å². The first-order valence-corrected chi connectivity index (χ1v) is 6.48. The second kappa shape index (κ2) is 6.56. The molecule has 0 fully saturated rings. The summed E-state index contributed by atoms with van der Waals surface area (Å²) in [4.78, 5) is 22.4. The van der Waals surface area contributed by atoms with Crippen molar-refractivity contribution in [3.05, 3.63) is 71.3 Å². The normalized spacial score (nSPS) is 11.6. The Bertz CT molecular complexity index is 641. The summed E-state index contributed by atoms with van der Waals surface area (Å²) in [5.74, 6) is -1.14. The zero-order valence-electron chi connectivity index (χ0n) is 11.3. The summed E-state index contributed by atoms with van der Waals surface area (Å²) in [7, 11) is 0. The van der Waals surface area contributed by atoms with Crippen LogP contribution < -0.4 is 11.1 Å². The molecule has 5 nitrogen and oxygen atoms in total. The topological polar surface area (TPSA) is 92.4 Å². The molecule has 0 aliphatic carbocycles. The van der Waals surface area contributed by atoms with Gasteiger partial charge in [0.2, 0.25) is 0 Å². The maximum atomic E-state index is 11.4. The number of hydrogen-bond donors (Lipinski definition) is 3. The number of nitrogens with two attached hydrogens (primary N) is 1. The van der Waals surface area contributed by atoms with Crippen molar-refractivity contribution in [3.63, 3.8) is 0 Å². The average Bonchev–Trinajstić information content (AvgIpc) is 2.46. The Labute approximate surface area is 122 Å². The summed E-state index contributed by atoms with van der Waals surface area (Å²) in [6.07, 6.45) is 0.585. The highest BCUT2D eigenvalue weighted by Gasteiger charge is 2.23. The number of amides is 2. The van der Waals surface area contributed by atoms with E-state index in [4.69, 9.17) is 5.73 Å². The number of carbonyl (C=O) groups excluding carboxylic acids is 1. The van der Waals surface area contributed by atoms with Gasteiger partial charge in [-0.2, -0.15) is 0 Å². The van der Waals surface area contributed by atoms with Gasteiger partial charge in [0, 0.05) is 0 Å². The molecule has 0 aromatic heterocycles. The van der Waals surface area contributed by atoms with E-state index < -0.39 is 18.0 Å². The molecule has 1 atom stereocenters. The van der Waals surface area contributed by atoms with Crippen molar-refractivity contribution in [1.29, 1.82) is 0 Å². The standard InChI is InChI=1S/C16H16N2O3/c17-16(21)18-14(15(19)20)13-9-5-4-8-12(13)10-11-6-2-1-3-7-11/h1-9,14H,10H2,(H,19,20)(H3,17,18,21). The van der Waals surface area contributed by atoms with Crippen LogP contribution in [-0.2, 0) is 11.2 Å². The van der Waals surface area contributed by atoms with Crippen molar-refractivity contribution >= 4 is 12.0 Å². The number of primary amides is 1. The lowest BCUT2D eigenvalue weighted by Crippen LogP contribution is -2.37. The fourth-order valence-corrected chi connectivity index (χ4v) is 2.21. The van der Waals surface area contributed by atoms with Gasteiger partial charge in [0.15, 0.2) is 6.04 Å². The highest BCUT2D eigenvalue weighted by Crippen LogP contribution is 2.21. The van der Waals surface area contributed by atoms with Crippen LogP contribution in [0.25, 0.3) is 0 Å². The molecular formula is C16H16N2O3. The molecule has 1 unspecified atom stereocenters. The Morgan fingerprint density at radius 1 is 1.05 bits per heavy atom. The zero-order chi connectivity index (χ0) is 15.2. The molecule has 0 saturated heterocycles. The molecule has 21 heavy (non-hydrogen) atoms. The summed E-state index contributed by atoms with van der Waals surface area (Å²) in [6, 6.07) is 14.8. The molecule has 2 amide bonds. The number of carboxylic acid groups (broad SMARTS) is 1. The second-order valence-corrected chi connectivity index (χ2v) is 4.64. The largest absolute Gasteiger partial charge is 0.479 e. The van der Waals surface area contributed by atoms with Gasteiger partial charge in [-0.3, -0.25) is 0 Å². The van der Waals surface area contributed by atoms with Gasteiger partial charge >= 0.3 is 12.0 Å². The first kappa shape index (κ1) is 14.6. The maximum Gasteiger partial charge on any atom is 0.330 e. The minimum absolute atomic E-state index is 0.535. The third-order valence-electron chi connectivity index (χ3n) is 3.14. The fourth-order valence-electron chi connectivity index (χ4n) is 2.21. The van der Waals surface area contributed by atoms with Crippen LogP contribution in [0.5, 0.6) is 0 Å². The molecule has 2 aromatic rings. The first-order valence-electron chi connectivity index (χ1n) is 6.48. The molecule has 0 aliphatic rings. The van der Waals surface area contributed by atoms with E-state index in [2.05, 4.69) is 5.32 Å². The predicted molar refractivity (Wildman–Crippen MR) is 78.8 cm³/mol. The quantitative estimate of drug-likeness (QED) is 0.784. The first-order chi connectivity index (χ1) is 10.1. The van der Waals surface area contributed by atoms with E-state index >= 15 is 0 Å². The van der Waals surface area contributed by atoms with E-state index in [1.165, 1.54) is 0 Å². The number of hydrogen-bond acceptors (Lipinski definition) is 2. The maximum absolute atomic E-state index is 11.4. The molecular weight excluding hydrogens is 268 g/mol. The summed E-state index contributed by atoms with van der Waals surface area (Å²) in [5.41, 5.74) is 7.49. The van der Waals surface area contributed by atoms with Crippen LogP contribution in [0.3, 0.4) is 0 Å². The molecule has 0 bridgehead atoms. The van der Waals surface area contributed by atoms with Crippen LogP contribution in [-0.4, -0.2) is 17.1 Å². The van der Waals surface area contributed by atoms with Crippen LogP contribution in [0.15, 0.2) is 54.6 Å². The van der Waals surface area contributed by atoms with Gasteiger partial charge in [-0.25, -0.2) is 9.59 Å². The van der Waals surface area contributed by atoms with E-state index in [1.807, 2.05) is 42.5 Å². The van der Waals surface area contributed by atoms with E-state index in [9.17, 15) is 14.7 Å². The van der Waals surface area contributed by atoms with Gasteiger partial charge in [0.1, 0.15) is 0 Å². The van der Waals surface area contributed by atoms with Crippen LogP contribution in [0.1, 0.15) is 22.7 Å². The fraction of sp³-hybridized carbons (Fsp3) is 0.125. The van der Waals surface area contributed by atoms with Gasteiger partial charge in [0.25, 0.3) is 0 Å². The van der Waals surface area contributed by atoms with E-state index in [1.54, 1.807) is 12.1 Å². The molecule has 0 heterocycles. The van der Waals surface area contributed by atoms with Crippen molar-refractivity contribution < 1.29 is 14.7 Å². The van der Waals surface area contributed by atoms with Crippen molar-refractivity contribution in [1.82, 2.24) is 5.32 Å². The lowest BCUT2D eigenvalue weighted by molar-refractivity contribution is -0.139. The summed E-state index contributed by atoms with van der Waals surface area (Å²) >= 11 is 0. The van der Waals surface area contributed by atoms with E-state index in [0.29, 0.717) is 12.0 Å².